The second-order valence-corrected chi connectivity index (χ2v) is 19.5. The van der Waals surface area contributed by atoms with Crippen LogP contribution < -0.4 is 26.6 Å². The molecule has 2 aliphatic heterocycles. The topological polar surface area (TPSA) is 210 Å². The average Bonchev–Trinajstić information content (AvgIpc) is 4.08. The van der Waals surface area contributed by atoms with Crippen LogP contribution in [0, 0.1) is 0 Å². The third kappa shape index (κ3) is 19.8. The summed E-state index contributed by atoms with van der Waals surface area (Å²) < 4.78 is 82.6. The van der Waals surface area contributed by atoms with Crippen molar-refractivity contribution >= 4 is 47.1 Å². The maximum absolute atomic E-state index is 14.1. The van der Waals surface area contributed by atoms with Crippen molar-refractivity contribution in [3.05, 3.63) is 71.8 Å². The summed E-state index contributed by atoms with van der Waals surface area (Å²) in [5, 5.41) is 13.7. The third-order valence-electron chi connectivity index (χ3n) is 14.0. The highest BCUT2D eigenvalue weighted by Gasteiger charge is 2.46. The Morgan fingerprint density at radius 3 is 1.39 bits per heavy atom. The predicted molar refractivity (Wildman–Crippen MR) is 271 cm³/mol. The normalized spacial score (nSPS) is 17.3. The molecule has 0 saturated carbocycles. The number of unbranched alkanes of at least 4 members (excludes halogenated alkanes) is 3. The van der Waals surface area contributed by atoms with E-state index in [-0.39, 0.29) is 84.3 Å². The van der Waals surface area contributed by atoms with Crippen molar-refractivity contribution in [3.63, 3.8) is 0 Å². The first-order chi connectivity index (χ1) is 36.0. The largest absolute Gasteiger partial charge is 0.471 e. The lowest BCUT2D eigenvalue weighted by Crippen LogP contribution is -2.55. The Kier molecular flexibility index (Phi) is 25.1. The van der Waals surface area contributed by atoms with Crippen LogP contribution in [0.4, 0.5) is 26.3 Å². The fraction of sp³-hybridized carbons (Fsp3) is 0.623. The molecule has 6 atom stereocenters. The molecule has 422 valence electrons. The fourth-order valence-electron chi connectivity index (χ4n) is 9.34. The zero-order valence-electron chi connectivity index (χ0n) is 43.9. The number of nitrogens with one attached hydrogen (secondary N) is 5. The van der Waals surface area contributed by atoms with Crippen molar-refractivity contribution in [2.75, 3.05) is 59.9 Å². The third-order valence-corrected chi connectivity index (χ3v) is 14.0. The molecule has 23 heteroatoms. The van der Waals surface area contributed by atoms with E-state index in [0.717, 1.165) is 20.9 Å². The summed E-state index contributed by atoms with van der Waals surface area (Å²) in [7, 11) is 3.13. The van der Waals surface area contributed by atoms with E-state index in [4.69, 9.17) is 0 Å². The Balaban J connectivity index is 1.28. The number of likely N-dealkylation sites (N-methyl/N-ethyl adjacent to an activating group) is 2. The zero-order valence-corrected chi connectivity index (χ0v) is 43.9. The van der Waals surface area contributed by atoms with Crippen molar-refractivity contribution < 1.29 is 64.7 Å². The summed E-state index contributed by atoms with van der Waals surface area (Å²) in [5.41, 5.74) is 1.48. The zero-order chi connectivity index (χ0) is 56.0. The number of ketones is 1. The van der Waals surface area contributed by atoms with Crippen LogP contribution in [0.15, 0.2) is 60.7 Å². The Hall–Kier alpha value is -6.10. The van der Waals surface area contributed by atoms with Crippen LogP contribution in [-0.4, -0.2) is 175 Å². The number of Topliss-reactive ketones (excluding diaryl/α,β-unsaturated/α-hetero) is 1. The molecule has 0 radical (unpaired) electrons. The van der Waals surface area contributed by atoms with Crippen LogP contribution in [0.5, 0.6) is 0 Å². The van der Waals surface area contributed by atoms with Crippen LogP contribution in [0.1, 0.15) is 102 Å². The molecule has 0 spiro atoms. The van der Waals surface area contributed by atoms with Crippen molar-refractivity contribution in [1.29, 1.82) is 0 Å². The fourth-order valence-corrected chi connectivity index (χ4v) is 9.34. The van der Waals surface area contributed by atoms with Crippen LogP contribution in [0.3, 0.4) is 0 Å². The summed E-state index contributed by atoms with van der Waals surface area (Å²) in [4.78, 5) is 109. The second kappa shape index (κ2) is 30.6. The lowest BCUT2D eigenvalue weighted by Gasteiger charge is -2.33. The number of hydrogen-bond acceptors (Lipinski definition) is 10. The van der Waals surface area contributed by atoms with Gasteiger partial charge in [-0.3, -0.25) is 38.4 Å². The lowest BCUT2D eigenvalue weighted by molar-refractivity contribution is -0.186. The van der Waals surface area contributed by atoms with Gasteiger partial charge in [0, 0.05) is 64.3 Å². The summed E-state index contributed by atoms with van der Waals surface area (Å²) in [6.07, 6.45) is -6.57. The quantitative estimate of drug-likeness (QED) is 0.0428. The highest BCUT2D eigenvalue weighted by molar-refractivity contribution is 6.36. The molecule has 17 nitrogen and oxygen atoms in total. The van der Waals surface area contributed by atoms with Gasteiger partial charge in [-0.2, -0.15) is 26.3 Å². The smallest absolute Gasteiger partial charge is 0.350 e. The minimum atomic E-state index is -5.13. The van der Waals surface area contributed by atoms with E-state index in [1.165, 1.54) is 9.80 Å². The van der Waals surface area contributed by atoms with E-state index in [9.17, 15) is 64.7 Å². The molecule has 2 heterocycles. The standard InChI is InChI=1S/C53H75F6N9O8/c1-36(60-3)45(70)63-42(48(73)67-30-16-22-40(67)34-65(50(75)52(54,55)56)32-27-38-18-8-5-9-19-38)24-12-7-13-26-44(69)47(72)62-29-15-14-25-43(64-46(71)37(2)61-4)49(74)68-31-17-23-41(68)35-66(51(76)53(57,58)59)33-28-39-20-10-6-11-21-39/h5-6,8-11,18-21,36-37,40-43,60-61H,7,12-17,22-35H2,1-4H3,(H,62,72)(H,63,70)(H,64,71)/t36-,37-,40-,41-,42-,43-/m0/s1. The molecular formula is C53H75F6N9O8. The van der Waals surface area contributed by atoms with Crippen molar-refractivity contribution in [2.45, 2.75) is 152 Å². The molecule has 5 N–H and O–H groups in total. The summed E-state index contributed by atoms with van der Waals surface area (Å²) in [5.74, 6) is -7.50. The van der Waals surface area contributed by atoms with E-state index in [0.29, 0.717) is 51.4 Å². The Morgan fingerprint density at radius 2 is 1.00 bits per heavy atom. The number of nitrogens with zero attached hydrogens (tertiary/aromatic N) is 4. The molecule has 2 aromatic carbocycles. The first kappa shape index (κ1) is 62.4. The maximum atomic E-state index is 14.1. The van der Waals surface area contributed by atoms with Crippen molar-refractivity contribution in [3.8, 4) is 0 Å². The highest BCUT2D eigenvalue weighted by atomic mass is 19.4. The van der Waals surface area contributed by atoms with E-state index in [2.05, 4.69) is 26.6 Å². The summed E-state index contributed by atoms with van der Waals surface area (Å²) >= 11 is 0. The first-order valence-electron chi connectivity index (χ1n) is 26.2. The van der Waals surface area contributed by atoms with Gasteiger partial charge in [-0.1, -0.05) is 73.5 Å². The van der Waals surface area contributed by atoms with Gasteiger partial charge in [-0.05, 0) is 110 Å². The molecule has 2 aliphatic rings. The number of carbonyl (C=O) groups is 8. The number of halogens is 6. The van der Waals surface area contributed by atoms with Crippen LogP contribution in [-0.2, 0) is 51.2 Å². The van der Waals surface area contributed by atoms with Gasteiger partial charge >= 0.3 is 24.2 Å². The predicted octanol–water partition coefficient (Wildman–Crippen LogP) is 4.23. The molecule has 76 heavy (non-hydrogen) atoms. The molecule has 0 unspecified atom stereocenters. The van der Waals surface area contributed by atoms with Crippen LogP contribution >= 0.6 is 0 Å². The van der Waals surface area contributed by atoms with Gasteiger partial charge in [0.05, 0.1) is 12.1 Å². The van der Waals surface area contributed by atoms with Gasteiger partial charge in [0.15, 0.2) is 0 Å². The van der Waals surface area contributed by atoms with E-state index >= 15 is 0 Å². The minimum absolute atomic E-state index is 0.0514. The molecule has 7 amide bonds. The molecule has 0 aromatic heterocycles. The van der Waals surface area contributed by atoms with Gasteiger partial charge < -0.3 is 46.2 Å². The number of rotatable bonds is 30. The molecule has 0 aliphatic carbocycles. The minimum Gasteiger partial charge on any atom is -0.350 e. The molecule has 4 rings (SSSR count). The number of benzene rings is 2. The van der Waals surface area contributed by atoms with E-state index in [1.807, 2.05) is 0 Å². The van der Waals surface area contributed by atoms with Gasteiger partial charge in [0.25, 0.3) is 5.91 Å². The Bertz CT molecular complexity index is 2070. The van der Waals surface area contributed by atoms with E-state index < -0.39 is 95.7 Å². The monoisotopic (exact) mass is 1080 g/mol. The van der Waals surface area contributed by atoms with Crippen molar-refractivity contribution in [2.24, 2.45) is 0 Å². The van der Waals surface area contributed by atoms with Crippen LogP contribution in [0.25, 0.3) is 0 Å². The SMILES string of the molecule is CN[C@@H](C)C(=O)N[C@@H](CCCCCC(=O)C(=O)NCCCC[C@H](NC(=O)[C@H](C)NC)C(=O)N1CCC[C@H]1CN(CCc1ccccc1)C(=O)C(F)(F)F)C(=O)N1CCC[C@H]1CN(CCc1ccccc1)C(=O)C(F)(F)F. The maximum Gasteiger partial charge on any atom is 0.471 e. The first-order valence-corrected chi connectivity index (χ1v) is 26.2. The van der Waals surface area contributed by atoms with Gasteiger partial charge in [0.1, 0.15) is 12.1 Å². The summed E-state index contributed by atoms with van der Waals surface area (Å²) in [6.45, 7) is 2.53. The average molecular weight is 1080 g/mol. The second-order valence-electron chi connectivity index (χ2n) is 19.5. The van der Waals surface area contributed by atoms with Crippen LogP contribution in [0.2, 0.25) is 0 Å². The number of hydrogen-bond donors (Lipinski definition) is 5. The Labute approximate surface area is 441 Å². The van der Waals surface area contributed by atoms with Gasteiger partial charge in [-0.25, -0.2) is 0 Å². The van der Waals surface area contributed by atoms with Crippen molar-refractivity contribution in [1.82, 2.24) is 46.2 Å². The molecule has 0 bridgehead atoms. The Morgan fingerprint density at radius 1 is 0.592 bits per heavy atom. The molecule has 2 aromatic rings. The molecule has 2 saturated heterocycles. The lowest BCUT2D eigenvalue weighted by atomic mass is 10.0. The van der Waals surface area contributed by atoms with Gasteiger partial charge in [-0.15, -0.1) is 0 Å². The molecule has 2 fully saturated rings. The number of carbonyl (C=O) groups excluding carboxylic acids is 8. The number of alkyl halides is 6. The summed E-state index contributed by atoms with van der Waals surface area (Å²) in [6, 6.07) is 12.6. The van der Waals surface area contributed by atoms with Gasteiger partial charge in [0.2, 0.25) is 29.4 Å². The number of amides is 7. The van der Waals surface area contributed by atoms with E-state index in [1.54, 1.807) is 88.6 Å². The highest BCUT2D eigenvalue weighted by Crippen LogP contribution is 2.27. The number of likely N-dealkylation sites (tertiary alicyclic amines) is 2. The molecular weight excluding hydrogens is 1000 g/mol.